The van der Waals surface area contributed by atoms with Gasteiger partial charge in [-0.15, -0.1) is 0 Å². The van der Waals surface area contributed by atoms with Crippen molar-refractivity contribution in [3.05, 3.63) is 17.3 Å². The van der Waals surface area contributed by atoms with Crippen molar-refractivity contribution in [1.82, 2.24) is 4.98 Å². The molecule has 90 valence electrons. The highest BCUT2D eigenvalue weighted by atomic mass is 35.5. The Labute approximate surface area is 101 Å². The van der Waals surface area contributed by atoms with Crippen LogP contribution in [0.15, 0.2) is 12.3 Å². The van der Waals surface area contributed by atoms with E-state index in [-0.39, 0.29) is 6.61 Å². The standard InChI is InChI=1S/C11H18ClN3O/c1-2-8(3-4-16)6-14-11-10(13)5-9(12)7-15-11/h5,7-8,16H,2-4,6,13H2,1H3,(H,14,15). The van der Waals surface area contributed by atoms with Crippen LogP contribution in [0.1, 0.15) is 19.8 Å². The highest BCUT2D eigenvalue weighted by Gasteiger charge is 2.07. The Morgan fingerprint density at radius 2 is 2.38 bits per heavy atom. The Bertz CT molecular complexity index is 333. The third-order valence-electron chi connectivity index (χ3n) is 2.56. The minimum absolute atomic E-state index is 0.212. The van der Waals surface area contributed by atoms with Gasteiger partial charge in [0.05, 0.1) is 10.7 Å². The number of aromatic nitrogens is 1. The van der Waals surface area contributed by atoms with Crippen molar-refractivity contribution in [3.63, 3.8) is 0 Å². The molecular formula is C11H18ClN3O. The number of anilines is 2. The summed E-state index contributed by atoms with van der Waals surface area (Å²) >= 11 is 5.75. The molecule has 4 nitrogen and oxygen atoms in total. The number of nitrogens with zero attached hydrogens (tertiary/aromatic N) is 1. The number of nitrogens with two attached hydrogens (primary N) is 1. The Balaban J connectivity index is 2.53. The number of aliphatic hydroxyl groups excluding tert-OH is 1. The summed E-state index contributed by atoms with van der Waals surface area (Å²) in [6, 6.07) is 1.67. The number of hydrogen-bond donors (Lipinski definition) is 3. The molecule has 0 radical (unpaired) electrons. The van der Waals surface area contributed by atoms with Crippen LogP contribution in [0, 0.1) is 5.92 Å². The summed E-state index contributed by atoms with van der Waals surface area (Å²) in [6.07, 6.45) is 3.37. The summed E-state index contributed by atoms with van der Waals surface area (Å²) in [6.45, 7) is 3.07. The van der Waals surface area contributed by atoms with E-state index >= 15 is 0 Å². The summed E-state index contributed by atoms with van der Waals surface area (Å²) < 4.78 is 0. The molecule has 1 aromatic rings. The Hall–Kier alpha value is -1.00. The first-order chi connectivity index (χ1) is 7.67. The largest absolute Gasteiger partial charge is 0.396 e. The van der Waals surface area contributed by atoms with Crippen molar-refractivity contribution in [2.75, 3.05) is 24.2 Å². The molecule has 0 spiro atoms. The van der Waals surface area contributed by atoms with Gasteiger partial charge in [-0.05, 0) is 18.4 Å². The number of aliphatic hydroxyl groups is 1. The van der Waals surface area contributed by atoms with Crippen LogP contribution in [0.2, 0.25) is 5.02 Å². The monoisotopic (exact) mass is 243 g/mol. The fraction of sp³-hybridized carbons (Fsp3) is 0.545. The van der Waals surface area contributed by atoms with Gasteiger partial charge in [0.1, 0.15) is 5.82 Å². The minimum Gasteiger partial charge on any atom is -0.396 e. The molecule has 0 aromatic carbocycles. The zero-order chi connectivity index (χ0) is 12.0. The van der Waals surface area contributed by atoms with Gasteiger partial charge >= 0.3 is 0 Å². The quantitative estimate of drug-likeness (QED) is 0.716. The van der Waals surface area contributed by atoms with Crippen LogP contribution >= 0.6 is 11.6 Å². The molecule has 0 saturated heterocycles. The molecule has 0 saturated carbocycles. The van der Waals surface area contributed by atoms with Crippen LogP contribution in [0.25, 0.3) is 0 Å². The molecule has 0 aliphatic carbocycles. The number of hydrogen-bond acceptors (Lipinski definition) is 4. The highest BCUT2D eigenvalue weighted by Crippen LogP contribution is 2.20. The topological polar surface area (TPSA) is 71.2 Å². The second kappa shape index (κ2) is 6.55. The molecule has 1 atom stereocenters. The smallest absolute Gasteiger partial charge is 0.149 e. The van der Waals surface area contributed by atoms with E-state index in [9.17, 15) is 0 Å². The lowest BCUT2D eigenvalue weighted by molar-refractivity contribution is 0.258. The first-order valence-electron chi connectivity index (χ1n) is 5.43. The number of nitrogens with one attached hydrogen (secondary N) is 1. The first-order valence-corrected chi connectivity index (χ1v) is 5.81. The van der Waals surface area contributed by atoms with Crippen molar-refractivity contribution in [3.8, 4) is 0 Å². The lowest BCUT2D eigenvalue weighted by Crippen LogP contribution is -2.16. The second-order valence-corrected chi connectivity index (χ2v) is 4.20. The van der Waals surface area contributed by atoms with Gasteiger partial charge in [-0.2, -0.15) is 0 Å². The van der Waals surface area contributed by atoms with Gasteiger partial charge in [0.15, 0.2) is 0 Å². The molecule has 0 aliphatic heterocycles. The van der Waals surface area contributed by atoms with Crippen molar-refractivity contribution >= 4 is 23.1 Å². The lowest BCUT2D eigenvalue weighted by Gasteiger charge is -2.15. The fourth-order valence-corrected chi connectivity index (χ4v) is 1.64. The molecule has 1 rings (SSSR count). The van der Waals surface area contributed by atoms with Crippen LogP contribution < -0.4 is 11.1 Å². The maximum absolute atomic E-state index is 8.87. The second-order valence-electron chi connectivity index (χ2n) is 3.76. The van der Waals surface area contributed by atoms with E-state index < -0.39 is 0 Å². The third kappa shape index (κ3) is 3.87. The minimum atomic E-state index is 0.212. The van der Waals surface area contributed by atoms with Crippen LogP contribution in [-0.2, 0) is 0 Å². The van der Waals surface area contributed by atoms with E-state index in [1.165, 1.54) is 0 Å². The highest BCUT2D eigenvalue weighted by molar-refractivity contribution is 6.30. The summed E-state index contributed by atoms with van der Waals surface area (Å²) in [7, 11) is 0. The number of rotatable bonds is 6. The maximum Gasteiger partial charge on any atom is 0.149 e. The molecule has 4 N–H and O–H groups in total. The lowest BCUT2D eigenvalue weighted by atomic mass is 10.0. The summed E-state index contributed by atoms with van der Waals surface area (Å²) in [5.41, 5.74) is 6.31. The Kier molecular flexibility index (Phi) is 5.35. The van der Waals surface area contributed by atoms with Crippen LogP contribution in [-0.4, -0.2) is 23.2 Å². The van der Waals surface area contributed by atoms with Gasteiger partial charge in [-0.3, -0.25) is 0 Å². The van der Waals surface area contributed by atoms with Crippen molar-refractivity contribution in [2.45, 2.75) is 19.8 Å². The molecule has 1 heterocycles. The van der Waals surface area contributed by atoms with E-state index in [2.05, 4.69) is 17.2 Å². The summed E-state index contributed by atoms with van der Waals surface area (Å²) in [5.74, 6) is 1.09. The first kappa shape index (κ1) is 13.1. The molecule has 0 fully saturated rings. The number of pyridine rings is 1. The van der Waals surface area contributed by atoms with E-state index in [0.717, 1.165) is 19.4 Å². The number of nitrogen functional groups attached to an aromatic ring is 1. The average Bonchev–Trinajstić information content (AvgIpc) is 2.26. The van der Waals surface area contributed by atoms with Crippen molar-refractivity contribution < 1.29 is 5.11 Å². The normalized spacial score (nSPS) is 12.4. The van der Waals surface area contributed by atoms with Gasteiger partial charge in [0, 0.05) is 19.3 Å². The molecule has 0 bridgehead atoms. The maximum atomic E-state index is 8.87. The van der Waals surface area contributed by atoms with Crippen LogP contribution in [0.3, 0.4) is 0 Å². The van der Waals surface area contributed by atoms with E-state index in [0.29, 0.717) is 22.4 Å². The molecule has 1 unspecified atom stereocenters. The Morgan fingerprint density at radius 1 is 1.62 bits per heavy atom. The molecule has 0 aliphatic rings. The van der Waals surface area contributed by atoms with Gasteiger partial charge in [0.25, 0.3) is 0 Å². The average molecular weight is 244 g/mol. The van der Waals surface area contributed by atoms with Gasteiger partial charge in [-0.1, -0.05) is 24.9 Å². The van der Waals surface area contributed by atoms with Crippen molar-refractivity contribution in [1.29, 1.82) is 0 Å². The predicted octanol–water partition coefficient (Wildman–Crippen LogP) is 2.14. The van der Waals surface area contributed by atoms with E-state index in [4.69, 9.17) is 22.4 Å². The molecule has 1 aromatic heterocycles. The van der Waals surface area contributed by atoms with Gasteiger partial charge < -0.3 is 16.2 Å². The third-order valence-corrected chi connectivity index (χ3v) is 2.76. The van der Waals surface area contributed by atoms with E-state index in [1.54, 1.807) is 12.3 Å². The molecule has 5 heteroatoms. The van der Waals surface area contributed by atoms with Crippen LogP contribution in [0.4, 0.5) is 11.5 Å². The predicted molar refractivity (Wildman–Crippen MR) is 67.6 cm³/mol. The zero-order valence-electron chi connectivity index (χ0n) is 9.41. The summed E-state index contributed by atoms with van der Waals surface area (Å²) in [4.78, 5) is 4.11. The fourth-order valence-electron chi connectivity index (χ4n) is 1.48. The molecule has 0 amide bonds. The molecule has 16 heavy (non-hydrogen) atoms. The number of halogens is 1. The van der Waals surface area contributed by atoms with Crippen molar-refractivity contribution in [2.24, 2.45) is 5.92 Å². The zero-order valence-corrected chi connectivity index (χ0v) is 10.2. The van der Waals surface area contributed by atoms with E-state index in [1.807, 2.05) is 0 Å². The Morgan fingerprint density at radius 3 is 2.94 bits per heavy atom. The van der Waals surface area contributed by atoms with Gasteiger partial charge in [-0.25, -0.2) is 4.98 Å². The summed E-state index contributed by atoms with van der Waals surface area (Å²) in [5, 5.41) is 12.6. The van der Waals surface area contributed by atoms with Crippen LogP contribution in [0.5, 0.6) is 0 Å². The SMILES string of the molecule is CCC(CCO)CNc1ncc(Cl)cc1N. The van der Waals surface area contributed by atoms with Gasteiger partial charge in [0.2, 0.25) is 0 Å². The molecular weight excluding hydrogens is 226 g/mol.